The van der Waals surface area contributed by atoms with Crippen molar-refractivity contribution in [3.63, 3.8) is 0 Å². The highest BCUT2D eigenvalue weighted by molar-refractivity contribution is 7.99. The molecule has 2 aromatic heterocycles. The molecule has 1 N–H and O–H groups in total. The van der Waals surface area contributed by atoms with Gasteiger partial charge in [0.1, 0.15) is 5.69 Å². The number of rotatable bonds is 3. The Labute approximate surface area is 112 Å². The summed E-state index contributed by atoms with van der Waals surface area (Å²) >= 11 is 0.231. The second kappa shape index (κ2) is 4.77. The van der Waals surface area contributed by atoms with E-state index in [-0.39, 0.29) is 28.3 Å². The van der Waals surface area contributed by atoms with Crippen LogP contribution in [-0.4, -0.2) is 36.4 Å². The van der Waals surface area contributed by atoms with E-state index in [0.29, 0.717) is 4.52 Å². The van der Waals surface area contributed by atoms with Crippen molar-refractivity contribution in [1.82, 2.24) is 19.6 Å². The Hall–Kier alpha value is -2.11. The number of H-pyrrole nitrogens is 1. The van der Waals surface area contributed by atoms with Gasteiger partial charge < -0.3 is 0 Å². The standard InChI is InChI=1S/C8H6F3N5O3S/c1-3-4(16(18)19)5-12-6(20-2-8(9,10)11)13-7(17)15(5)14-3/h2H2,1H3,(H,12,13,17). The fourth-order valence-electron chi connectivity index (χ4n) is 1.45. The van der Waals surface area contributed by atoms with Crippen molar-refractivity contribution in [2.24, 2.45) is 0 Å². The zero-order chi connectivity index (χ0) is 15.1. The Morgan fingerprint density at radius 3 is 2.70 bits per heavy atom. The molecule has 0 saturated carbocycles. The van der Waals surface area contributed by atoms with E-state index in [1.54, 1.807) is 0 Å². The first-order valence-electron chi connectivity index (χ1n) is 5.02. The molecule has 8 nitrogen and oxygen atoms in total. The third kappa shape index (κ3) is 2.74. The number of alkyl halides is 3. The lowest BCUT2D eigenvalue weighted by Gasteiger charge is -2.04. The number of aromatic amines is 1. The van der Waals surface area contributed by atoms with E-state index in [1.807, 2.05) is 0 Å². The first-order valence-corrected chi connectivity index (χ1v) is 6.01. The van der Waals surface area contributed by atoms with Crippen LogP contribution in [0, 0.1) is 17.0 Å². The molecule has 0 fully saturated rings. The molecule has 0 aliphatic rings. The van der Waals surface area contributed by atoms with Crippen LogP contribution in [0.15, 0.2) is 9.95 Å². The van der Waals surface area contributed by atoms with E-state index in [2.05, 4.69) is 15.1 Å². The van der Waals surface area contributed by atoms with E-state index < -0.39 is 28.2 Å². The first-order chi connectivity index (χ1) is 9.19. The summed E-state index contributed by atoms with van der Waals surface area (Å²) in [4.78, 5) is 27.4. The normalized spacial score (nSPS) is 12.0. The third-order valence-electron chi connectivity index (χ3n) is 2.17. The molecule has 0 radical (unpaired) electrons. The van der Waals surface area contributed by atoms with Crippen molar-refractivity contribution < 1.29 is 18.1 Å². The number of nitrogens with zero attached hydrogens (tertiary/aromatic N) is 4. The van der Waals surface area contributed by atoms with Gasteiger partial charge in [0.05, 0.1) is 10.7 Å². The Balaban J connectivity index is 2.53. The maximum absolute atomic E-state index is 12.1. The molecular formula is C8H6F3N5O3S. The SMILES string of the molecule is Cc1nn2c(=O)[nH]c(SCC(F)(F)F)nc2c1[N+](=O)[O-]. The minimum absolute atomic E-state index is 0.0500. The number of aromatic nitrogens is 4. The summed E-state index contributed by atoms with van der Waals surface area (Å²) in [6.45, 7) is 1.30. The van der Waals surface area contributed by atoms with Crippen molar-refractivity contribution >= 4 is 23.1 Å². The number of hydrogen-bond donors (Lipinski definition) is 1. The fraction of sp³-hybridized carbons (Fsp3) is 0.375. The maximum atomic E-state index is 12.1. The second-order valence-electron chi connectivity index (χ2n) is 3.68. The quantitative estimate of drug-likeness (QED) is 0.520. The summed E-state index contributed by atoms with van der Waals surface area (Å²) in [6, 6.07) is 0. The highest BCUT2D eigenvalue weighted by Gasteiger charge is 2.29. The zero-order valence-corrected chi connectivity index (χ0v) is 10.6. The molecule has 0 aliphatic carbocycles. The molecule has 0 aromatic carbocycles. The van der Waals surface area contributed by atoms with Crippen LogP contribution in [0.1, 0.15) is 5.69 Å². The predicted molar refractivity (Wildman–Crippen MR) is 61.8 cm³/mol. The van der Waals surface area contributed by atoms with Gasteiger partial charge in [-0.15, -0.1) is 0 Å². The minimum Gasteiger partial charge on any atom is -0.285 e. The molecule has 0 amide bonds. The summed E-state index contributed by atoms with van der Waals surface area (Å²) in [5.74, 6) is -1.27. The molecule has 108 valence electrons. The van der Waals surface area contributed by atoms with Crippen LogP contribution in [0.2, 0.25) is 0 Å². The van der Waals surface area contributed by atoms with Gasteiger partial charge in [-0.05, 0) is 6.92 Å². The molecule has 0 aliphatic heterocycles. The summed E-state index contributed by atoms with van der Waals surface area (Å²) in [6.07, 6.45) is -4.45. The number of halogens is 3. The van der Waals surface area contributed by atoms with Gasteiger partial charge >= 0.3 is 17.6 Å². The van der Waals surface area contributed by atoms with Gasteiger partial charge in [-0.25, -0.2) is 4.79 Å². The number of nitrogens with one attached hydrogen (secondary N) is 1. The average Bonchev–Trinajstić information content (AvgIpc) is 2.62. The molecule has 0 bridgehead atoms. The fourth-order valence-corrected chi connectivity index (χ4v) is 2.06. The van der Waals surface area contributed by atoms with Crippen molar-refractivity contribution in [3.8, 4) is 0 Å². The molecule has 20 heavy (non-hydrogen) atoms. The van der Waals surface area contributed by atoms with Gasteiger partial charge in [0.25, 0.3) is 0 Å². The Kier molecular flexibility index (Phi) is 3.41. The molecule has 2 rings (SSSR count). The molecule has 2 aromatic rings. The lowest BCUT2D eigenvalue weighted by molar-refractivity contribution is -0.383. The first kappa shape index (κ1) is 14.3. The summed E-state index contributed by atoms with van der Waals surface area (Å²) in [5.41, 5.74) is -1.84. The number of hydrogen-bond acceptors (Lipinski definition) is 6. The van der Waals surface area contributed by atoms with E-state index in [4.69, 9.17) is 0 Å². The molecule has 0 atom stereocenters. The number of nitro groups is 1. The monoisotopic (exact) mass is 309 g/mol. The Morgan fingerprint density at radius 2 is 2.15 bits per heavy atom. The summed E-state index contributed by atoms with van der Waals surface area (Å²) in [7, 11) is 0. The van der Waals surface area contributed by atoms with Gasteiger partial charge in [-0.1, -0.05) is 11.8 Å². The van der Waals surface area contributed by atoms with Crippen molar-refractivity contribution in [3.05, 3.63) is 26.3 Å². The van der Waals surface area contributed by atoms with Crippen LogP contribution in [-0.2, 0) is 0 Å². The predicted octanol–water partition coefficient (Wildman–Crippen LogP) is 1.29. The van der Waals surface area contributed by atoms with Crippen LogP contribution in [0.25, 0.3) is 5.65 Å². The smallest absolute Gasteiger partial charge is 0.285 e. The molecule has 2 heterocycles. The van der Waals surface area contributed by atoms with Crippen LogP contribution in [0.3, 0.4) is 0 Å². The highest BCUT2D eigenvalue weighted by atomic mass is 32.2. The lowest BCUT2D eigenvalue weighted by atomic mass is 10.4. The molecule has 0 spiro atoms. The maximum Gasteiger partial charge on any atom is 0.398 e. The molecule has 0 unspecified atom stereocenters. The molecular weight excluding hydrogens is 303 g/mol. The third-order valence-corrected chi connectivity index (χ3v) is 3.11. The zero-order valence-electron chi connectivity index (χ0n) is 9.76. The summed E-state index contributed by atoms with van der Waals surface area (Å²) < 4.78 is 36.9. The van der Waals surface area contributed by atoms with Crippen LogP contribution in [0.5, 0.6) is 0 Å². The van der Waals surface area contributed by atoms with E-state index >= 15 is 0 Å². The number of fused-ring (bicyclic) bond motifs is 1. The lowest BCUT2D eigenvalue weighted by Crippen LogP contribution is -2.20. The molecule has 0 saturated heterocycles. The number of thioether (sulfide) groups is 1. The van der Waals surface area contributed by atoms with E-state index in [9.17, 15) is 28.1 Å². The van der Waals surface area contributed by atoms with Crippen molar-refractivity contribution in [2.75, 3.05) is 5.75 Å². The Bertz CT molecular complexity index is 737. The minimum atomic E-state index is -4.45. The van der Waals surface area contributed by atoms with Crippen molar-refractivity contribution in [1.29, 1.82) is 0 Å². The Morgan fingerprint density at radius 1 is 1.50 bits per heavy atom. The van der Waals surface area contributed by atoms with Crippen LogP contribution < -0.4 is 5.69 Å². The van der Waals surface area contributed by atoms with Gasteiger partial charge in [-0.2, -0.15) is 27.8 Å². The van der Waals surface area contributed by atoms with Crippen LogP contribution >= 0.6 is 11.8 Å². The topological polar surface area (TPSA) is 106 Å². The van der Waals surface area contributed by atoms with E-state index in [0.717, 1.165) is 0 Å². The van der Waals surface area contributed by atoms with E-state index in [1.165, 1.54) is 6.92 Å². The number of aryl methyl sites for hydroxylation is 1. The van der Waals surface area contributed by atoms with Crippen LogP contribution in [0.4, 0.5) is 18.9 Å². The average molecular weight is 309 g/mol. The van der Waals surface area contributed by atoms with Gasteiger partial charge in [-0.3, -0.25) is 15.1 Å². The van der Waals surface area contributed by atoms with Gasteiger partial charge in [0.15, 0.2) is 5.16 Å². The van der Waals surface area contributed by atoms with Gasteiger partial charge in [0, 0.05) is 0 Å². The summed E-state index contributed by atoms with van der Waals surface area (Å²) in [5, 5.41) is 14.1. The second-order valence-corrected chi connectivity index (χ2v) is 4.64. The molecule has 12 heteroatoms. The van der Waals surface area contributed by atoms with Crippen molar-refractivity contribution in [2.45, 2.75) is 18.3 Å². The largest absolute Gasteiger partial charge is 0.398 e. The highest BCUT2D eigenvalue weighted by Crippen LogP contribution is 2.26. The van der Waals surface area contributed by atoms with Gasteiger partial charge in [0.2, 0.25) is 5.65 Å².